The highest BCUT2D eigenvalue weighted by Gasteiger charge is 2.19. The molecule has 5 nitrogen and oxygen atoms in total. The van der Waals surface area contributed by atoms with Crippen LogP contribution in [0.2, 0.25) is 0 Å². The van der Waals surface area contributed by atoms with Gasteiger partial charge in [0, 0.05) is 11.9 Å². The summed E-state index contributed by atoms with van der Waals surface area (Å²) in [5.41, 5.74) is 3.05. The highest BCUT2D eigenvalue weighted by molar-refractivity contribution is 5.97. The summed E-state index contributed by atoms with van der Waals surface area (Å²) in [6.45, 7) is 5.40. The van der Waals surface area contributed by atoms with Crippen LogP contribution in [0.15, 0.2) is 36.5 Å². The Morgan fingerprint density at radius 3 is 2.67 bits per heavy atom. The van der Waals surface area contributed by atoms with Crippen molar-refractivity contribution in [1.29, 1.82) is 0 Å². The Morgan fingerprint density at radius 1 is 1.24 bits per heavy atom. The number of aryl methyl sites for hydroxylation is 2. The largest absolute Gasteiger partial charge is 0.448 e. The lowest BCUT2D eigenvalue weighted by Crippen LogP contribution is -2.30. The second-order valence-corrected chi connectivity index (χ2v) is 4.94. The molecule has 5 heteroatoms. The lowest BCUT2D eigenvalue weighted by atomic mass is 10.1. The molecular formula is C16H18N2O3. The Hall–Kier alpha value is -2.56. The smallest absolute Gasteiger partial charge is 0.355 e. The van der Waals surface area contributed by atoms with Crippen molar-refractivity contribution < 1.29 is 14.3 Å². The number of aromatic nitrogens is 1. The van der Waals surface area contributed by atoms with Crippen LogP contribution in [0.3, 0.4) is 0 Å². The van der Waals surface area contributed by atoms with Gasteiger partial charge in [0.1, 0.15) is 5.69 Å². The van der Waals surface area contributed by atoms with Crippen molar-refractivity contribution in [3.8, 4) is 0 Å². The molecule has 0 unspecified atom stereocenters. The van der Waals surface area contributed by atoms with E-state index in [1.165, 1.54) is 0 Å². The van der Waals surface area contributed by atoms with Crippen LogP contribution in [0.25, 0.3) is 0 Å². The summed E-state index contributed by atoms with van der Waals surface area (Å²) in [5.74, 6) is -0.910. The molecule has 1 aromatic heterocycles. The maximum absolute atomic E-state index is 12.1. The van der Waals surface area contributed by atoms with Crippen LogP contribution in [-0.4, -0.2) is 23.0 Å². The fraction of sp³-hybridized carbons (Fsp3) is 0.250. The third kappa shape index (κ3) is 3.72. The maximum atomic E-state index is 12.1. The van der Waals surface area contributed by atoms with E-state index in [9.17, 15) is 9.59 Å². The number of ether oxygens (including phenoxy) is 1. The highest BCUT2D eigenvalue weighted by Crippen LogP contribution is 2.17. The first-order valence-electron chi connectivity index (χ1n) is 6.70. The zero-order chi connectivity index (χ0) is 15.4. The number of amides is 1. The van der Waals surface area contributed by atoms with Gasteiger partial charge in [-0.1, -0.05) is 12.1 Å². The van der Waals surface area contributed by atoms with Crippen LogP contribution in [0.1, 0.15) is 28.5 Å². The quantitative estimate of drug-likeness (QED) is 0.849. The van der Waals surface area contributed by atoms with E-state index in [1.807, 2.05) is 32.0 Å². The topological polar surface area (TPSA) is 71.2 Å². The molecular weight excluding hydrogens is 268 g/mol. The van der Waals surface area contributed by atoms with Gasteiger partial charge in [-0.15, -0.1) is 0 Å². The first-order chi connectivity index (χ1) is 9.97. The maximum Gasteiger partial charge on any atom is 0.355 e. The van der Waals surface area contributed by atoms with E-state index in [4.69, 9.17) is 4.74 Å². The summed E-state index contributed by atoms with van der Waals surface area (Å²) < 4.78 is 5.12. The van der Waals surface area contributed by atoms with Gasteiger partial charge in [-0.3, -0.25) is 4.79 Å². The molecule has 1 aromatic carbocycles. The number of nitrogens with one attached hydrogen (secondary N) is 2. The van der Waals surface area contributed by atoms with Crippen LogP contribution in [0.5, 0.6) is 0 Å². The Morgan fingerprint density at radius 2 is 2.00 bits per heavy atom. The minimum Gasteiger partial charge on any atom is -0.448 e. The van der Waals surface area contributed by atoms with E-state index in [-0.39, 0.29) is 5.91 Å². The minimum absolute atomic E-state index is 0.321. The molecule has 0 saturated carbocycles. The molecule has 0 aliphatic heterocycles. The second-order valence-electron chi connectivity index (χ2n) is 4.94. The van der Waals surface area contributed by atoms with Crippen molar-refractivity contribution in [2.24, 2.45) is 0 Å². The van der Waals surface area contributed by atoms with E-state index in [1.54, 1.807) is 25.3 Å². The number of benzene rings is 1. The summed E-state index contributed by atoms with van der Waals surface area (Å²) in [5, 5.41) is 2.78. The highest BCUT2D eigenvalue weighted by atomic mass is 16.5. The van der Waals surface area contributed by atoms with Crippen molar-refractivity contribution in [2.45, 2.75) is 26.9 Å². The predicted molar refractivity (Wildman–Crippen MR) is 80.2 cm³/mol. The van der Waals surface area contributed by atoms with Crippen LogP contribution in [0, 0.1) is 13.8 Å². The summed E-state index contributed by atoms with van der Waals surface area (Å²) in [4.78, 5) is 26.6. The average molecular weight is 286 g/mol. The van der Waals surface area contributed by atoms with E-state index >= 15 is 0 Å². The van der Waals surface area contributed by atoms with Crippen molar-refractivity contribution >= 4 is 17.6 Å². The molecule has 110 valence electrons. The van der Waals surface area contributed by atoms with Crippen molar-refractivity contribution in [3.05, 3.63) is 53.3 Å². The van der Waals surface area contributed by atoms with E-state index < -0.39 is 12.1 Å². The predicted octanol–water partition coefficient (Wildman–Crippen LogP) is 2.82. The number of hydrogen-bond donors (Lipinski definition) is 2. The number of H-pyrrole nitrogens is 1. The summed E-state index contributed by atoms with van der Waals surface area (Å²) in [6.07, 6.45) is 0.748. The van der Waals surface area contributed by atoms with Crippen LogP contribution in [0.4, 0.5) is 5.69 Å². The number of esters is 1. The molecule has 0 fully saturated rings. The molecule has 2 N–H and O–H groups in total. The van der Waals surface area contributed by atoms with E-state index in [2.05, 4.69) is 10.3 Å². The van der Waals surface area contributed by atoms with Gasteiger partial charge in [0.15, 0.2) is 6.10 Å². The van der Waals surface area contributed by atoms with Crippen molar-refractivity contribution in [1.82, 2.24) is 4.98 Å². The Labute approximate surface area is 123 Å². The normalized spacial score (nSPS) is 11.8. The van der Waals surface area contributed by atoms with Gasteiger partial charge in [0.25, 0.3) is 5.91 Å². The standard InChI is InChI=1S/C16H18N2O3/c1-10-6-7-11(2)14(9-10)18-15(19)12(3)21-16(20)13-5-4-8-17-13/h4-9,12,17H,1-3H3,(H,18,19)/t12-/m0/s1. The Bertz CT molecular complexity index is 648. The summed E-state index contributed by atoms with van der Waals surface area (Å²) >= 11 is 0. The summed E-state index contributed by atoms with van der Waals surface area (Å²) in [7, 11) is 0. The number of anilines is 1. The van der Waals surface area contributed by atoms with Crippen LogP contribution >= 0.6 is 0 Å². The van der Waals surface area contributed by atoms with Gasteiger partial charge in [-0.2, -0.15) is 0 Å². The van der Waals surface area contributed by atoms with Gasteiger partial charge in [0.05, 0.1) is 0 Å². The Balaban J connectivity index is 1.99. The lowest BCUT2D eigenvalue weighted by molar-refractivity contribution is -0.123. The first-order valence-corrected chi connectivity index (χ1v) is 6.70. The SMILES string of the molecule is Cc1ccc(C)c(NC(=O)[C@H](C)OC(=O)c2ccc[nH]2)c1. The van der Waals surface area contributed by atoms with Gasteiger partial charge in [-0.05, 0) is 50.1 Å². The fourth-order valence-electron chi connectivity index (χ4n) is 1.84. The number of rotatable bonds is 4. The molecule has 2 aromatic rings. The van der Waals surface area contributed by atoms with Gasteiger partial charge in [0.2, 0.25) is 0 Å². The molecule has 0 saturated heterocycles. The third-order valence-electron chi connectivity index (χ3n) is 3.12. The van der Waals surface area contributed by atoms with Crippen molar-refractivity contribution in [3.63, 3.8) is 0 Å². The zero-order valence-electron chi connectivity index (χ0n) is 12.3. The van der Waals surface area contributed by atoms with Crippen LogP contribution in [-0.2, 0) is 9.53 Å². The Kier molecular flexibility index (Phi) is 4.42. The average Bonchev–Trinajstić information content (AvgIpc) is 2.97. The number of aromatic amines is 1. The molecule has 1 amide bonds. The molecule has 0 radical (unpaired) electrons. The van der Waals surface area contributed by atoms with Crippen LogP contribution < -0.4 is 5.32 Å². The molecule has 1 atom stereocenters. The second kappa shape index (κ2) is 6.26. The first kappa shape index (κ1) is 14.8. The monoisotopic (exact) mass is 286 g/mol. The molecule has 1 heterocycles. The molecule has 0 bridgehead atoms. The number of carbonyl (C=O) groups is 2. The molecule has 21 heavy (non-hydrogen) atoms. The van der Waals surface area contributed by atoms with E-state index in [0.717, 1.165) is 16.8 Å². The minimum atomic E-state index is -0.874. The van der Waals surface area contributed by atoms with Gasteiger partial charge in [-0.25, -0.2) is 4.79 Å². The molecule has 0 aliphatic rings. The molecule has 2 rings (SSSR count). The van der Waals surface area contributed by atoms with E-state index in [0.29, 0.717) is 5.69 Å². The van der Waals surface area contributed by atoms with Crippen molar-refractivity contribution in [2.75, 3.05) is 5.32 Å². The fourth-order valence-corrected chi connectivity index (χ4v) is 1.84. The molecule has 0 spiro atoms. The lowest BCUT2D eigenvalue weighted by Gasteiger charge is -2.14. The number of carbonyl (C=O) groups excluding carboxylic acids is 2. The molecule has 0 aliphatic carbocycles. The zero-order valence-corrected chi connectivity index (χ0v) is 12.3. The van der Waals surface area contributed by atoms with Gasteiger partial charge >= 0.3 is 5.97 Å². The summed E-state index contributed by atoms with van der Waals surface area (Å²) in [6, 6.07) is 9.07. The van der Waals surface area contributed by atoms with Gasteiger partial charge < -0.3 is 15.0 Å². The number of hydrogen-bond acceptors (Lipinski definition) is 3. The third-order valence-corrected chi connectivity index (χ3v) is 3.12.